The van der Waals surface area contributed by atoms with Crippen LogP contribution in [0.2, 0.25) is 5.02 Å². The fourth-order valence-electron chi connectivity index (χ4n) is 2.41. The number of allylic oxidation sites excluding steroid dienone is 2. The summed E-state index contributed by atoms with van der Waals surface area (Å²) in [5.74, 6) is -0.357. The van der Waals surface area contributed by atoms with Crippen LogP contribution in [-0.2, 0) is 9.59 Å². The molecule has 1 atom stereocenters. The zero-order valence-electron chi connectivity index (χ0n) is 10.3. The standard InChI is InChI=1S/C14H14ClNO2/c1-8-14(9(2)17)11(7-13(18)16-8)10-5-3-4-6-12(10)15/h3-6,11H,7H2,1-2H3,(H,16,18)/t11-/m1/s1. The van der Waals surface area contributed by atoms with Crippen LogP contribution in [0.5, 0.6) is 0 Å². The number of carbonyl (C=O) groups excluding carboxylic acids is 2. The highest BCUT2D eigenvalue weighted by molar-refractivity contribution is 6.31. The molecular weight excluding hydrogens is 250 g/mol. The van der Waals surface area contributed by atoms with E-state index in [1.807, 2.05) is 18.2 Å². The lowest BCUT2D eigenvalue weighted by atomic mass is 9.83. The summed E-state index contributed by atoms with van der Waals surface area (Å²) in [6, 6.07) is 7.33. The zero-order valence-corrected chi connectivity index (χ0v) is 11.0. The number of benzene rings is 1. The van der Waals surface area contributed by atoms with Crippen molar-refractivity contribution >= 4 is 23.3 Å². The first-order valence-corrected chi connectivity index (χ1v) is 6.14. The highest BCUT2D eigenvalue weighted by atomic mass is 35.5. The summed E-state index contributed by atoms with van der Waals surface area (Å²) >= 11 is 6.16. The van der Waals surface area contributed by atoms with E-state index in [-0.39, 0.29) is 24.0 Å². The zero-order chi connectivity index (χ0) is 13.3. The molecule has 0 bridgehead atoms. The number of rotatable bonds is 2. The first kappa shape index (κ1) is 12.8. The molecule has 1 aliphatic rings. The predicted molar refractivity (Wildman–Crippen MR) is 70.3 cm³/mol. The van der Waals surface area contributed by atoms with Gasteiger partial charge in [0.25, 0.3) is 0 Å². The van der Waals surface area contributed by atoms with E-state index in [1.54, 1.807) is 13.0 Å². The Balaban J connectivity index is 2.54. The van der Waals surface area contributed by atoms with Gasteiger partial charge in [-0.2, -0.15) is 0 Å². The predicted octanol–water partition coefficient (Wildman–Crippen LogP) is 2.81. The third kappa shape index (κ3) is 2.31. The van der Waals surface area contributed by atoms with Crippen molar-refractivity contribution in [2.24, 2.45) is 0 Å². The van der Waals surface area contributed by atoms with Crippen LogP contribution in [0.1, 0.15) is 31.7 Å². The van der Waals surface area contributed by atoms with Crippen molar-refractivity contribution in [1.82, 2.24) is 5.32 Å². The molecule has 0 aromatic heterocycles. The molecular formula is C14H14ClNO2. The van der Waals surface area contributed by atoms with Crippen LogP contribution in [0.25, 0.3) is 0 Å². The fourth-order valence-corrected chi connectivity index (χ4v) is 2.68. The van der Waals surface area contributed by atoms with Crippen molar-refractivity contribution in [2.75, 3.05) is 0 Å². The summed E-state index contributed by atoms with van der Waals surface area (Å²) in [4.78, 5) is 23.4. The van der Waals surface area contributed by atoms with Crippen LogP contribution in [0, 0.1) is 0 Å². The largest absolute Gasteiger partial charge is 0.330 e. The van der Waals surface area contributed by atoms with Crippen LogP contribution in [-0.4, -0.2) is 11.7 Å². The summed E-state index contributed by atoms with van der Waals surface area (Å²) in [7, 11) is 0. The van der Waals surface area contributed by atoms with Gasteiger partial charge in [0.1, 0.15) is 0 Å². The summed E-state index contributed by atoms with van der Waals surface area (Å²) in [5.41, 5.74) is 2.10. The van der Waals surface area contributed by atoms with Gasteiger partial charge in [-0.3, -0.25) is 9.59 Å². The van der Waals surface area contributed by atoms with Gasteiger partial charge in [-0.05, 0) is 25.5 Å². The minimum absolute atomic E-state index is 0.0302. The van der Waals surface area contributed by atoms with Crippen LogP contribution in [0.15, 0.2) is 35.5 Å². The smallest absolute Gasteiger partial charge is 0.225 e. The van der Waals surface area contributed by atoms with Gasteiger partial charge in [-0.1, -0.05) is 29.8 Å². The van der Waals surface area contributed by atoms with Gasteiger partial charge in [0.15, 0.2) is 5.78 Å². The van der Waals surface area contributed by atoms with Crippen LogP contribution >= 0.6 is 11.6 Å². The maximum atomic E-state index is 11.8. The lowest BCUT2D eigenvalue weighted by molar-refractivity contribution is -0.121. The minimum Gasteiger partial charge on any atom is -0.330 e. The molecule has 0 fully saturated rings. The number of hydrogen-bond acceptors (Lipinski definition) is 2. The molecule has 94 valence electrons. The van der Waals surface area contributed by atoms with Gasteiger partial charge in [0.05, 0.1) is 0 Å². The molecule has 18 heavy (non-hydrogen) atoms. The number of amides is 1. The normalized spacial score (nSPS) is 19.7. The Morgan fingerprint density at radius 2 is 2.06 bits per heavy atom. The Labute approximate surface area is 111 Å². The van der Waals surface area contributed by atoms with Gasteiger partial charge < -0.3 is 5.32 Å². The van der Waals surface area contributed by atoms with E-state index in [1.165, 1.54) is 6.92 Å². The van der Waals surface area contributed by atoms with Gasteiger partial charge in [-0.25, -0.2) is 0 Å². The Kier molecular flexibility index (Phi) is 3.53. The highest BCUT2D eigenvalue weighted by Crippen LogP contribution is 2.36. The molecule has 0 radical (unpaired) electrons. The molecule has 1 amide bonds. The topological polar surface area (TPSA) is 46.2 Å². The molecule has 0 aliphatic carbocycles. The SMILES string of the molecule is CC(=O)C1=C(C)NC(=O)C[C@@H]1c1ccccc1Cl. The van der Waals surface area contributed by atoms with E-state index in [4.69, 9.17) is 11.6 Å². The van der Waals surface area contributed by atoms with E-state index in [0.29, 0.717) is 16.3 Å². The molecule has 0 saturated carbocycles. The van der Waals surface area contributed by atoms with Gasteiger partial charge in [0.2, 0.25) is 5.91 Å². The average molecular weight is 264 g/mol. The number of ketones is 1. The average Bonchev–Trinajstić information content (AvgIpc) is 2.27. The molecule has 1 aliphatic heterocycles. The lowest BCUT2D eigenvalue weighted by Crippen LogP contribution is -2.33. The third-order valence-corrected chi connectivity index (χ3v) is 3.47. The van der Waals surface area contributed by atoms with Crippen LogP contribution in [0.3, 0.4) is 0 Å². The monoisotopic (exact) mass is 263 g/mol. The maximum Gasteiger partial charge on any atom is 0.225 e. The highest BCUT2D eigenvalue weighted by Gasteiger charge is 2.30. The molecule has 1 aromatic rings. The Morgan fingerprint density at radius 3 is 2.67 bits per heavy atom. The molecule has 0 saturated heterocycles. The first-order valence-electron chi connectivity index (χ1n) is 5.76. The number of carbonyl (C=O) groups is 2. The van der Waals surface area contributed by atoms with E-state index in [9.17, 15) is 9.59 Å². The summed E-state index contributed by atoms with van der Waals surface area (Å²) in [6.07, 6.45) is 0.260. The molecule has 1 N–H and O–H groups in total. The van der Waals surface area contributed by atoms with Crippen molar-refractivity contribution in [3.8, 4) is 0 Å². The molecule has 2 rings (SSSR count). The van der Waals surface area contributed by atoms with Crippen molar-refractivity contribution in [2.45, 2.75) is 26.2 Å². The van der Waals surface area contributed by atoms with Gasteiger partial charge in [0, 0.05) is 28.6 Å². The Morgan fingerprint density at radius 1 is 1.39 bits per heavy atom. The summed E-state index contributed by atoms with van der Waals surface area (Å²) in [5, 5.41) is 3.29. The van der Waals surface area contributed by atoms with E-state index >= 15 is 0 Å². The van der Waals surface area contributed by atoms with Crippen molar-refractivity contribution in [3.05, 3.63) is 46.1 Å². The van der Waals surface area contributed by atoms with Crippen LogP contribution in [0.4, 0.5) is 0 Å². The van der Waals surface area contributed by atoms with Crippen molar-refractivity contribution in [3.63, 3.8) is 0 Å². The van der Waals surface area contributed by atoms with E-state index < -0.39 is 0 Å². The molecule has 1 aromatic carbocycles. The minimum atomic E-state index is -0.245. The fraction of sp³-hybridized carbons (Fsp3) is 0.286. The molecule has 1 heterocycles. The Hall–Kier alpha value is -1.61. The summed E-state index contributed by atoms with van der Waals surface area (Å²) in [6.45, 7) is 3.26. The quantitative estimate of drug-likeness (QED) is 0.892. The van der Waals surface area contributed by atoms with Crippen LogP contribution < -0.4 is 5.32 Å². The number of Topliss-reactive ketones (excluding diaryl/α,β-unsaturated/α-hetero) is 1. The summed E-state index contributed by atoms with van der Waals surface area (Å²) < 4.78 is 0. The lowest BCUT2D eigenvalue weighted by Gasteiger charge is -2.26. The molecule has 0 unspecified atom stereocenters. The molecule has 4 heteroatoms. The van der Waals surface area contributed by atoms with Crippen molar-refractivity contribution in [1.29, 1.82) is 0 Å². The second-order valence-electron chi connectivity index (χ2n) is 4.42. The number of halogens is 1. The van der Waals surface area contributed by atoms with Gasteiger partial charge >= 0.3 is 0 Å². The van der Waals surface area contributed by atoms with E-state index in [2.05, 4.69) is 5.32 Å². The number of nitrogens with one attached hydrogen (secondary N) is 1. The second-order valence-corrected chi connectivity index (χ2v) is 4.83. The van der Waals surface area contributed by atoms with Gasteiger partial charge in [-0.15, -0.1) is 0 Å². The molecule has 0 spiro atoms. The maximum absolute atomic E-state index is 11.8. The van der Waals surface area contributed by atoms with Crippen molar-refractivity contribution < 1.29 is 9.59 Å². The first-order chi connectivity index (χ1) is 8.50. The van der Waals surface area contributed by atoms with E-state index in [0.717, 1.165) is 5.56 Å². The number of hydrogen-bond donors (Lipinski definition) is 1. The Bertz CT molecular complexity index is 548. The molecule has 3 nitrogen and oxygen atoms in total. The second kappa shape index (κ2) is 4.94. The third-order valence-electron chi connectivity index (χ3n) is 3.13.